The third-order valence-corrected chi connectivity index (χ3v) is 4.57. The molecule has 1 aromatic heterocycles. The van der Waals surface area contributed by atoms with Crippen molar-refractivity contribution in [2.75, 3.05) is 11.4 Å². The molecule has 0 aliphatic heterocycles. The Kier molecular flexibility index (Phi) is 3.85. The topological polar surface area (TPSA) is 53.4 Å². The maximum absolute atomic E-state index is 11.3. The molecule has 5 heteroatoms. The number of anilines is 1. The van der Waals surface area contributed by atoms with Gasteiger partial charge in [-0.05, 0) is 46.5 Å². The van der Waals surface area contributed by atoms with Crippen LogP contribution in [0.25, 0.3) is 0 Å². The van der Waals surface area contributed by atoms with Crippen LogP contribution in [0, 0.1) is 5.92 Å². The Balaban J connectivity index is 2.20. The highest BCUT2D eigenvalue weighted by Gasteiger charge is 2.33. The first-order valence-corrected chi connectivity index (χ1v) is 7.66. The molecule has 1 aliphatic rings. The predicted molar refractivity (Wildman–Crippen MR) is 78.0 cm³/mol. The number of carboxylic acids is 1. The van der Waals surface area contributed by atoms with Gasteiger partial charge < -0.3 is 10.0 Å². The van der Waals surface area contributed by atoms with Gasteiger partial charge in [0.2, 0.25) is 0 Å². The molecule has 0 saturated heterocycles. The second kappa shape index (κ2) is 5.12. The largest absolute Gasteiger partial charge is 0.481 e. The van der Waals surface area contributed by atoms with Crippen LogP contribution in [-0.4, -0.2) is 28.6 Å². The third-order valence-electron chi connectivity index (χ3n) is 3.69. The second-order valence-corrected chi connectivity index (χ2v) is 6.97. The number of thiazole rings is 1. The van der Waals surface area contributed by atoms with E-state index in [-0.39, 0.29) is 0 Å². The Morgan fingerprint density at radius 1 is 1.58 bits per heavy atom. The van der Waals surface area contributed by atoms with E-state index in [1.54, 1.807) is 25.2 Å². The summed E-state index contributed by atoms with van der Waals surface area (Å²) in [6.07, 6.45) is 2.62. The molecule has 1 aliphatic carbocycles. The molecule has 0 atom stereocenters. The highest BCUT2D eigenvalue weighted by molar-refractivity contribution is 7.13. The minimum Gasteiger partial charge on any atom is -0.481 e. The van der Waals surface area contributed by atoms with Crippen LogP contribution in [-0.2, 0) is 10.2 Å². The lowest BCUT2D eigenvalue weighted by atomic mass is 9.90. The van der Waals surface area contributed by atoms with Crippen LogP contribution < -0.4 is 4.90 Å². The maximum atomic E-state index is 11.3. The Labute approximate surface area is 118 Å². The first-order chi connectivity index (χ1) is 8.82. The van der Waals surface area contributed by atoms with Gasteiger partial charge in [0.15, 0.2) is 5.13 Å². The minimum absolute atomic E-state index is 0.396. The number of hydrogen-bond acceptors (Lipinski definition) is 4. The van der Waals surface area contributed by atoms with Gasteiger partial charge in [-0.15, -0.1) is 11.3 Å². The summed E-state index contributed by atoms with van der Waals surface area (Å²) in [6, 6.07) is 0.396. The molecule has 1 N–H and O–H groups in total. The summed E-state index contributed by atoms with van der Waals surface area (Å²) in [5.74, 6) is -0.0372. The number of carboxylic acid groups (broad SMARTS) is 1. The molecule has 2 rings (SSSR count). The lowest BCUT2D eigenvalue weighted by Crippen LogP contribution is -2.33. The van der Waals surface area contributed by atoms with Crippen LogP contribution in [0.15, 0.2) is 5.38 Å². The summed E-state index contributed by atoms with van der Waals surface area (Å²) in [4.78, 5) is 18.1. The normalized spacial score (nSPS) is 15.8. The zero-order chi connectivity index (χ0) is 14.2. The number of rotatable bonds is 6. The van der Waals surface area contributed by atoms with E-state index in [1.807, 2.05) is 5.38 Å². The molecular weight excluding hydrogens is 260 g/mol. The molecule has 19 heavy (non-hydrogen) atoms. The number of aliphatic carboxylic acids is 1. The van der Waals surface area contributed by atoms with E-state index in [4.69, 9.17) is 0 Å². The van der Waals surface area contributed by atoms with Crippen LogP contribution in [0.3, 0.4) is 0 Å². The molecule has 0 radical (unpaired) electrons. The monoisotopic (exact) mass is 282 g/mol. The van der Waals surface area contributed by atoms with Crippen LogP contribution in [0.4, 0.5) is 5.13 Å². The SMILES string of the molecule is CC(C)N(CC1CC1)c1nc(C(C)(C)C(=O)O)cs1. The van der Waals surface area contributed by atoms with E-state index in [1.165, 1.54) is 12.8 Å². The molecule has 4 nitrogen and oxygen atoms in total. The number of hydrogen-bond donors (Lipinski definition) is 1. The lowest BCUT2D eigenvalue weighted by Gasteiger charge is -2.26. The summed E-state index contributed by atoms with van der Waals surface area (Å²) in [5.41, 5.74) is -0.266. The molecule has 106 valence electrons. The van der Waals surface area contributed by atoms with Crippen LogP contribution in [0.5, 0.6) is 0 Å². The van der Waals surface area contributed by atoms with Gasteiger partial charge in [-0.3, -0.25) is 4.79 Å². The van der Waals surface area contributed by atoms with Crippen molar-refractivity contribution in [1.29, 1.82) is 0 Å². The molecular formula is C14H22N2O2S. The van der Waals surface area contributed by atoms with Crippen LogP contribution in [0.2, 0.25) is 0 Å². The zero-order valence-corrected chi connectivity index (χ0v) is 12.8. The van der Waals surface area contributed by atoms with Gasteiger partial charge >= 0.3 is 5.97 Å². The van der Waals surface area contributed by atoms with E-state index < -0.39 is 11.4 Å². The van der Waals surface area contributed by atoms with Crippen molar-refractivity contribution in [1.82, 2.24) is 4.98 Å². The number of aromatic nitrogens is 1. The zero-order valence-electron chi connectivity index (χ0n) is 12.0. The van der Waals surface area contributed by atoms with Gasteiger partial charge in [-0.25, -0.2) is 4.98 Å². The highest BCUT2D eigenvalue weighted by Crippen LogP contribution is 2.35. The maximum Gasteiger partial charge on any atom is 0.315 e. The van der Waals surface area contributed by atoms with Gasteiger partial charge in [0.05, 0.1) is 5.69 Å². The van der Waals surface area contributed by atoms with Crippen molar-refractivity contribution >= 4 is 22.4 Å². The molecule has 1 saturated carbocycles. The lowest BCUT2D eigenvalue weighted by molar-refractivity contribution is -0.142. The summed E-state index contributed by atoms with van der Waals surface area (Å²) in [5, 5.41) is 12.1. The van der Waals surface area contributed by atoms with E-state index in [0.29, 0.717) is 11.7 Å². The fourth-order valence-corrected chi connectivity index (χ4v) is 3.02. The third kappa shape index (κ3) is 3.08. The van der Waals surface area contributed by atoms with Crippen molar-refractivity contribution in [2.24, 2.45) is 5.92 Å². The highest BCUT2D eigenvalue weighted by atomic mass is 32.1. The molecule has 1 heterocycles. The summed E-state index contributed by atoms with van der Waals surface area (Å²) in [6.45, 7) is 8.76. The van der Waals surface area contributed by atoms with Crippen LogP contribution >= 0.6 is 11.3 Å². The van der Waals surface area contributed by atoms with Gasteiger partial charge in [-0.2, -0.15) is 0 Å². The first kappa shape index (κ1) is 14.3. The van der Waals surface area contributed by atoms with Crippen LogP contribution in [0.1, 0.15) is 46.2 Å². The van der Waals surface area contributed by atoms with E-state index in [0.717, 1.165) is 17.6 Å². The summed E-state index contributed by atoms with van der Waals surface area (Å²) in [7, 11) is 0. The molecule has 0 bridgehead atoms. The molecule has 1 fully saturated rings. The van der Waals surface area contributed by atoms with Crippen molar-refractivity contribution in [3.05, 3.63) is 11.1 Å². The van der Waals surface area contributed by atoms with Crippen molar-refractivity contribution in [3.8, 4) is 0 Å². The molecule has 0 spiro atoms. The fraction of sp³-hybridized carbons (Fsp3) is 0.714. The van der Waals surface area contributed by atoms with Gasteiger partial charge in [0.25, 0.3) is 0 Å². The average molecular weight is 282 g/mol. The smallest absolute Gasteiger partial charge is 0.315 e. The minimum atomic E-state index is -0.920. The van der Waals surface area contributed by atoms with Crippen molar-refractivity contribution in [3.63, 3.8) is 0 Å². The molecule has 0 amide bonds. The Morgan fingerprint density at radius 3 is 2.68 bits per heavy atom. The Hall–Kier alpha value is -1.10. The van der Waals surface area contributed by atoms with Gasteiger partial charge in [0, 0.05) is 18.0 Å². The van der Waals surface area contributed by atoms with Crippen molar-refractivity contribution in [2.45, 2.75) is 52.0 Å². The Bertz CT molecular complexity index is 464. The summed E-state index contributed by atoms with van der Waals surface area (Å²) >= 11 is 1.55. The first-order valence-electron chi connectivity index (χ1n) is 6.78. The van der Waals surface area contributed by atoms with Gasteiger partial charge in [-0.1, -0.05) is 0 Å². The van der Waals surface area contributed by atoms with E-state index in [2.05, 4.69) is 23.7 Å². The standard InChI is InChI=1S/C14H22N2O2S/c1-9(2)16(7-10-5-6-10)13-15-11(8-19-13)14(3,4)12(17)18/h8-10H,5-7H2,1-4H3,(H,17,18). The van der Waals surface area contributed by atoms with E-state index in [9.17, 15) is 9.90 Å². The second-order valence-electron chi connectivity index (χ2n) is 6.13. The fourth-order valence-electron chi connectivity index (χ4n) is 1.88. The number of nitrogens with zero attached hydrogens (tertiary/aromatic N) is 2. The quantitative estimate of drug-likeness (QED) is 0.871. The molecule has 0 unspecified atom stereocenters. The average Bonchev–Trinajstić information content (AvgIpc) is 3.00. The van der Waals surface area contributed by atoms with E-state index >= 15 is 0 Å². The van der Waals surface area contributed by atoms with Gasteiger partial charge in [0.1, 0.15) is 5.41 Å². The number of carbonyl (C=O) groups is 1. The summed E-state index contributed by atoms with van der Waals surface area (Å²) < 4.78 is 0. The Morgan fingerprint density at radius 2 is 2.21 bits per heavy atom. The van der Waals surface area contributed by atoms with Crippen molar-refractivity contribution < 1.29 is 9.90 Å². The molecule has 0 aromatic carbocycles. The predicted octanol–water partition coefficient (Wildman–Crippen LogP) is 3.13. The molecule has 1 aromatic rings.